The van der Waals surface area contributed by atoms with Crippen LogP contribution in [0.25, 0.3) is 0 Å². The number of carbonyl (C=O) groups is 1. The van der Waals surface area contributed by atoms with E-state index in [1.165, 1.54) is 0 Å². The van der Waals surface area contributed by atoms with Crippen LogP contribution in [0.15, 0.2) is 0 Å². The smallest absolute Gasteiger partial charge is 0.225 e. The average Bonchev–Trinajstić information content (AvgIpc) is 2.46. The molecule has 0 aliphatic carbocycles. The van der Waals surface area contributed by atoms with Crippen molar-refractivity contribution in [3.63, 3.8) is 0 Å². The Balaban J connectivity index is 1.69. The van der Waals surface area contributed by atoms with E-state index in [0.717, 1.165) is 58.8 Å². The molecule has 0 aromatic heterocycles. The first-order valence-electron chi connectivity index (χ1n) is 6.91. The highest BCUT2D eigenvalue weighted by molar-refractivity contribution is 5.78. The van der Waals surface area contributed by atoms with E-state index in [0.29, 0.717) is 6.04 Å². The highest BCUT2D eigenvalue weighted by atomic mass is 16.5. The molecule has 1 unspecified atom stereocenters. The van der Waals surface area contributed by atoms with Crippen molar-refractivity contribution in [2.75, 3.05) is 46.6 Å². The third-order valence-electron chi connectivity index (χ3n) is 3.76. The molecule has 5 nitrogen and oxygen atoms in total. The molecule has 2 saturated heterocycles. The molecule has 2 rings (SSSR count). The first kappa shape index (κ1) is 13.8. The van der Waals surface area contributed by atoms with Gasteiger partial charge in [0.25, 0.3) is 0 Å². The molecule has 2 fully saturated rings. The van der Waals surface area contributed by atoms with Gasteiger partial charge in [-0.3, -0.25) is 4.79 Å². The summed E-state index contributed by atoms with van der Waals surface area (Å²) in [6.07, 6.45) is 2.70. The van der Waals surface area contributed by atoms with Gasteiger partial charge in [0.1, 0.15) is 0 Å². The Morgan fingerprint density at radius 3 is 2.72 bits per heavy atom. The molecular weight excluding hydrogens is 232 g/mol. The standard InChI is InChI=1S/C13H24N2O3/c1-15(6-2-12-10-18-9-5-14-12)13(16)11-3-7-17-8-4-11/h11-12,14H,2-10H2,1H3. The lowest BCUT2D eigenvalue weighted by Gasteiger charge is -2.29. The normalized spacial score (nSPS) is 25.9. The van der Waals surface area contributed by atoms with Crippen molar-refractivity contribution < 1.29 is 14.3 Å². The van der Waals surface area contributed by atoms with E-state index in [-0.39, 0.29) is 11.8 Å². The summed E-state index contributed by atoms with van der Waals surface area (Å²) in [7, 11) is 1.90. The molecule has 0 saturated carbocycles. The lowest BCUT2D eigenvalue weighted by molar-refractivity contribution is -0.137. The molecule has 2 heterocycles. The Kier molecular flexibility index (Phi) is 5.41. The maximum absolute atomic E-state index is 12.2. The van der Waals surface area contributed by atoms with Gasteiger partial charge in [0.2, 0.25) is 5.91 Å². The molecular formula is C13H24N2O3. The van der Waals surface area contributed by atoms with Crippen LogP contribution < -0.4 is 5.32 Å². The zero-order valence-corrected chi connectivity index (χ0v) is 11.2. The minimum atomic E-state index is 0.166. The largest absolute Gasteiger partial charge is 0.381 e. The Labute approximate surface area is 109 Å². The fraction of sp³-hybridized carbons (Fsp3) is 0.923. The molecule has 1 amide bonds. The van der Waals surface area contributed by atoms with Gasteiger partial charge in [0.15, 0.2) is 0 Å². The molecule has 1 atom stereocenters. The summed E-state index contributed by atoms with van der Waals surface area (Å²) in [5, 5.41) is 3.41. The lowest BCUT2D eigenvalue weighted by Crippen LogP contribution is -2.44. The van der Waals surface area contributed by atoms with Crippen molar-refractivity contribution in [3.8, 4) is 0 Å². The molecule has 2 aliphatic heterocycles. The number of nitrogens with zero attached hydrogens (tertiary/aromatic N) is 1. The summed E-state index contributed by atoms with van der Waals surface area (Å²) < 4.78 is 10.7. The van der Waals surface area contributed by atoms with E-state index in [1.54, 1.807) is 0 Å². The molecule has 0 aromatic carbocycles. The van der Waals surface area contributed by atoms with Crippen molar-refractivity contribution in [3.05, 3.63) is 0 Å². The molecule has 18 heavy (non-hydrogen) atoms. The van der Waals surface area contributed by atoms with Crippen LogP contribution in [0.3, 0.4) is 0 Å². The summed E-state index contributed by atoms with van der Waals surface area (Å²) in [6.45, 7) is 4.73. The molecule has 0 aromatic rings. The average molecular weight is 256 g/mol. The zero-order chi connectivity index (χ0) is 12.8. The highest BCUT2D eigenvalue weighted by Crippen LogP contribution is 2.17. The molecule has 0 radical (unpaired) electrons. The number of nitrogens with one attached hydrogen (secondary N) is 1. The summed E-state index contributed by atoms with van der Waals surface area (Å²) in [5.74, 6) is 0.439. The van der Waals surface area contributed by atoms with Crippen molar-refractivity contribution in [2.45, 2.75) is 25.3 Å². The first-order chi connectivity index (χ1) is 8.77. The van der Waals surface area contributed by atoms with Gasteiger partial charge >= 0.3 is 0 Å². The number of hydrogen-bond donors (Lipinski definition) is 1. The minimum absolute atomic E-state index is 0.166. The second-order valence-corrected chi connectivity index (χ2v) is 5.16. The molecule has 0 spiro atoms. The number of morpholine rings is 1. The fourth-order valence-electron chi connectivity index (χ4n) is 2.52. The van der Waals surface area contributed by atoms with Crippen LogP contribution in [-0.2, 0) is 14.3 Å². The number of hydrogen-bond acceptors (Lipinski definition) is 4. The lowest BCUT2D eigenvalue weighted by atomic mass is 9.98. The van der Waals surface area contributed by atoms with Gasteiger partial charge in [0.05, 0.1) is 13.2 Å². The van der Waals surface area contributed by atoms with E-state index in [9.17, 15) is 4.79 Å². The number of amides is 1. The van der Waals surface area contributed by atoms with E-state index in [2.05, 4.69) is 5.32 Å². The van der Waals surface area contributed by atoms with Crippen LogP contribution in [0, 0.1) is 5.92 Å². The molecule has 0 bridgehead atoms. The van der Waals surface area contributed by atoms with Gasteiger partial charge in [0, 0.05) is 45.3 Å². The summed E-state index contributed by atoms with van der Waals surface area (Å²) in [6, 6.07) is 0.392. The van der Waals surface area contributed by atoms with Crippen LogP contribution in [0.2, 0.25) is 0 Å². The van der Waals surface area contributed by atoms with Gasteiger partial charge in [-0.05, 0) is 19.3 Å². The second-order valence-electron chi connectivity index (χ2n) is 5.16. The fourth-order valence-corrected chi connectivity index (χ4v) is 2.52. The van der Waals surface area contributed by atoms with Gasteiger partial charge in [-0.25, -0.2) is 0 Å². The molecule has 1 N–H and O–H groups in total. The maximum atomic E-state index is 12.2. The van der Waals surface area contributed by atoms with Crippen molar-refractivity contribution in [1.82, 2.24) is 10.2 Å². The minimum Gasteiger partial charge on any atom is -0.381 e. The predicted octanol–water partition coefficient (Wildman–Crippen LogP) is 0.250. The van der Waals surface area contributed by atoms with Crippen LogP contribution in [-0.4, -0.2) is 63.4 Å². The third-order valence-corrected chi connectivity index (χ3v) is 3.76. The number of ether oxygens (including phenoxy) is 2. The van der Waals surface area contributed by atoms with Gasteiger partial charge in [-0.15, -0.1) is 0 Å². The monoisotopic (exact) mass is 256 g/mol. The predicted molar refractivity (Wildman–Crippen MR) is 68.4 cm³/mol. The third kappa shape index (κ3) is 3.93. The Hall–Kier alpha value is -0.650. The summed E-state index contributed by atoms with van der Waals surface area (Å²) in [5.41, 5.74) is 0. The Morgan fingerprint density at radius 1 is 1.28 bits per heavy atom. The number of carbonyl (C=O) groups excluding carboxylic acids is 1. The second kappa shape index (κ2) is 7.07. The van der Waals surface area contributed by atoms with Crippen LogP contribution >= 0.6 is 0 Å². The van der Waals surface area contributed by atoms with Crippen molar-refractivity contribution >= 4 is 5.91 Å². The molecule has 104 valence electrons. The van der Waals surface area contributed by atoms with Crippen LogP contribution in [0.5, 0.6) is 0 Å². The summed E-state index contributed by atoms with van der Waals surface area (Å²) in [4.78, 5) is 14.1. The van der Waals surface area contributed by atoms with Gasteiger partial charge < -0.3 is 19.7 Å². The van der Waals surface area contributed by atoms with Crippen molar-refractivity contribution in [2.24, 2.45) is 5.92 Å². The summed E-state index contributed by atoms with van der Waals surface area (Å²) >= 11 is 0. The highest BCUT2D eigenvalue weighted by Gasteiger charge is 2.25. The number of rotatable bonds is 4. The van der Waals surface area contributed by atoms with Crippen LogP contribution in [0.4, 0.5) is 0 Å². The first-order valence-corrected chi connectivity index (χ1v) is 6.91. The van der Waals surface area contributed by atoms with Gasteiger partial charge in [-0.1, -0.05) is 0 Å². The van der Waals surface area contributed by atoms with E-state index < -0.39 is 0 Å². The van der Waals surface area contributed by atoms with E-state index in [4.69, 9.17) is 9.47 Å². The zero-order valence-electron chi connectivity index (χ0n) is 11.2. The Bertz CT molecular complexity index is 261. The quantitative estimate of drug-likeness (QED) is 0.783. The Morgan fingerprint density at radius 2 is 2.06 bits per heavy atom. The van der Waals surface area contributed by atoms with Crippen LogP contribution in [0.1, 0.15) is 19.3 Å². The van der Waals surface area contributed by atoms with E-state index >= 15 is 0 Å². The molecule has 5 heteroatoms. The topological polar surface area (TPSA) is 50.8 Å². The molecule has 2 aliphatic rings. The van der Waals surface area contributed by atoms with Crippen molar-refractivity contribution in [1.29, 1.82) is 0 Å². The van der Waals surface area contributed by atoms with E-state index in [1.807, 2.05) is 11.9 Å². The maximum Gasteiger partial charge on any atom is 0.225 e. The van der Waals surface area contributed by atoms with Gasteiger partial charge in [-0.2, -0.15) is 0 Å². The SMILES string of the molecule is CN(CCC1COCCN1)C(=O)C1CCOCC1.